The zero-order chi connectivity index (χ0) is 16.4. The molecule has 1 heterocycles. The van der Waals surface area contributed by atoms with Gasteiger partial charge in [0.1, 0.15) is 11.3 Å². The second-order valence-electron chi connectivity index (χ2n) is 5.17. The second kappa shape index (κ2) is 6.03. The molecule has 2 atom stereocenters. The summed E-state index contributed by atoms with van der Waals surface area (Å²) in [5.74, 6) is -1.22. The zero-order valence-electron chi connectivity index (χ0n) is 12.2. The van der Waals surface area contributed by atoms with Crippen molar-refractivity contribution in [3.63, 3.8) is 0 Å². The topological polar surface area (TPSA) is 99.8 Å². The minimum atomic E-state index is -1.29. The molecule has 0 aliphatic carbocycles. The lowest BCUT2D eigenvalue weighted by Crippen LogP contribution is -2.31. The number of aromatic hydroxyl groups is 1. The van der Waals surface area contributed by atoms with Gasteiger partial charge in [-0.05, 0) is 43.2 Å². The highest BCUT2D eigenvalue weighted by atomic mass is 16.4. The molecule has 6 heteroatoms. The van der Waals surface area contributed by atoms with Gasteiger partial charge in [-0.25, -0.2) is 4.79 Å². The number of phenolic OH excluding ortho intramolecular Hbond substituents is 1. The minimum absolute atomic E-state index is 0.0734. The van der Waals surface area contributed by atoms with Crippen LogP contribution < -0.4 is 5.56 Å². The van der Waals surface area contributed by atoms with E-state index < -0.39 is 23.7 Å². The number of aromatic nitrogens is 1. The summed E-state index contributed by atoms with van der Waals surface area (Å²) in [7, 11) is 0. The standard InChI is InChI=1S/C16H17NO5/c1-9-7-8-17(15(20)13(9)16(21)22)10(2)14(19)11-3-5-12(18)6-4-11/h3-8,10,14,18-19H,1-2H3,(H,21,22)/t10-,14-/m1/s1. The number of aliphatic hydroxyl groups is 1. The number of aryl methyl sites for hydroxylation is 1. The Balaban J connectivity index is 2.43. The predicted molar refractivity (Wildman–Crippen MR) is 80.2 cm³/mol. The number of nitrogens with zero attached hydrogens (tertiary/aromatic N) is 1. The maximum absolute atomic E-state index is 12.3. The van der Waals surface area contributed by atoms with Crippen LogP contribution in [0.15, 0.2) is 41.3 Å². The number of aromatic carboxylic acids is 1. The van der Waals surface area contributed by atoms with Gasteiger partial charge in [-0.15, -0.1) is 0 Å². The molecule has 0 amide bonds. The Morgan fingerprint density at radius 3 is 2.32 bits per heavy atom. The van der Waals surface area contributed by atoms with Gasteiger partial charge in [-0.1, -0.05) is 12.1 Å². The first kappa shape index (κ1) is 15.8. The average Bonchev–Trinajstić information content (AvgIpc) is 2.46. The Hall–Kier alpha value is -2.60. The van der Waals surface area contributed by atoms with Gasteiger partial charge in [-0.3, -0.25) is 4.79 Å². The SMILES string of the molecule is Cc1ccn([C@H](C)[C@@H](O)c2ccc(O)cc2)c(=O)c1C(=O)O. The molecule has 2 rings (SSSR count). The van der Waals surface area contributed by atoms with Gasteiger partial charge in [0.25, 0.3) is 5.56 Å². The highest BCUT2D eigenvalue weighted by molar-refractivity contribution is 5.88. The summed E-state index contributed by atoms with van der Waals surface area (Å²) in [5, 5.41) is 28.8. The molecule has 22 heavy (non-hydrogen) atoms. The van der Waals surface area contributed by atoms with E-state index in [2.05, 4.69) is 0 Å². The largest absolute Gasteiger partial charge is 0.508 e. The molecule has 0 fully saturated rings. The van der Waals surface area contributed by atoms with E-state index in [1.807, 2.05) is 0 Å². The number of benzene rings is 1. The molecule has 0 bridgehead atoms. The number of carboxylic acid groups (broad SMARTS) is 1. The van der Waals surface area contributed by atoms with E-state index in [1.54, 1.807) is 26.0 Å². The van der Waals surface area contributed by atoms with Crippen molar-refractivity contribution in [2.45, 2.75) is 26.0 Å². The molecule has 0 unspecified atom stereocenters. The third-order valence-corrected chi connectivity index (χ3v) is 3.67. The average molecular weight is 303 g/mol. The van der Waals surface area contributed by atoms with Crippen LogP contribution in [0.1, 0.15) is 40.6 Å². The third-order valence-electron chi connectivity index (χ3n) is 3.67. The Bertz CT molecular complexity index is 748. The first-order valence-electron chi connectivity index (χ1n) is 6.75. The third kappa shape index (κ3) is 2.87. The molecule has 0 aliphatic rings. The van der Waals surface area contributed by atoms with Gasteiger partial charge >= 0.3 is 5.97 Å². The van der Waals surface area contributed by atoms with Crippen LogP contribution in [-0.4, -0.2) is 25.9 Å². The van der Waals surface area contributed by atoms with Crippen molar-refractivity contribution >= 4 is 5.97 Å². The summed E-state index contributed by atoms with van der Waals surface area (Å²) in [6.45, 7) is 3.18. The first-order valence-corrected chi connectivity index (χ1v) is 6.75. The van der Waals surface area contributed by atoms with E-state index in [1.165, 1.54) is 29.0 Å². The summed E-state index contributed by atoms with van der Waals surface area (Å²) in [4.78, 5) is 23.5. The molecule has 2 aromatic rings. The zero-order valence-corrected chi connectivity index (χ0v) is 12.2. The molecular formula is C16H17NO5. The first-order chi connectivity index (χ1) is 10.3. The fraction of sp³-hybridized carbons (Fsp3) is 0.250. The molecule has 0 saturated carbocycles. The van der Waals surface area contributed by atoms with Crippen molar-refractivity contribution in [3.05, 3.63) is 63.6 Å². The van der Waals surface area contributed by atoms with Crippen LogP contribution in [0.5, 0.6) is 5.75 Å². The van der Waals surface area contributed by atoms with Gasteiger partial charge in [-0.2, -0.15) is 0 Å². The van der Waals surface area contributed by atoms with Crippen LogP contribution >= 0.6 is 0 Å². The van der Waals surface area contributed by atoms with Crippen molar-refractivity contribution in [3.8, 4) is 5.75 Å². The van der Waals surface area contributed by atoms with Crippen molar-refractivity contribution < 1.29 is 20.1 Å². The molecule has 116 valence electrons. The molecule has 0 aliphatic heterocycles. The molecule has 0 saturated heterocycles. The summed E-state index contributed by atoms with van der Waals surface area (Å²) < 4.78 is 1.20. The Morgan fingerprint density at radius 2 is 1.77 bits per heavy atom. The summed E-state index contributed by atoms with van der Waals surface area (Å²) >= 11 is 0. The van der Waals surface area contributed by atoms with E-state index in [4.69, 9.17) is 5.11 Å². The highest BCUT2D eigenvalue weighted by Gasteiger charge is 2.22. The minimum Gasteiger partial charge on any atom is -0.508 e. The lowest BCUT2D eigenvalue weighted by molar-refractivity contribution is 0.0690. The van der Waals surface area contributed by atoms with E-state index in [0.29, 0.717) is 11.1 Å². The normalized spacial score (nSPS) is 13.6. The predicted octanol–water partition coefficient (Wildman–Crippen LogP) is 1.86. The molecule has 1 aromatic heterocycles. The fourth-order valence-electron chi connectivity index (χ4n) is 2.32. The fourth-order valence-corrected chi connectivity index (χ4v) is 2.32. The Morgan fingerprint density at radius 1 is 1.18 bits per heavy atom. The number of carbonyl (C=O) groups is 1. The van der Waals surface area contributed by atoms with Gasteiger partial charge in [0.2, 0.25) is 0 Å². The van der Waals surface area contributed by atoms with Crippen molar-refractivity contribution in [2.75, 3.05) is 0 Å². The van der Waals surface area contributed by atoms with Crippen molar-refractivity contribution in [1.82, 2.24) is 4.57 Å². The lowest BCUT2D eigenvalue weighted by Gasteiger charge is -2.22. The van der Waals surface area contributed by atoms with E-state index in [0.717, 1.165) is 0 Å². The van der Waals surface area contributed by atoms with Crippen LogP contribution in [0.4, 0.5) is 0 Å². The maximum atomic E-state index is 12.3. The smallest absolute Gasteiger partial charge is 0.341 e. The second-order valence-corrected chi connectivity index (χ2v) is 5.17. The Kier molecular flexibility index (Phi) is 4.32. The lowest BCUT2D eigenvalue weighted by atomic mass is 10.0. The number of phenols is 1. The number of rotatable bonds is 4. The number of aliphatic hydroxyl groups excluding tert-OH is 1. The summed E-state index contributed by atoms with van der Waals surface area (Å²) in [5.41, 5.74) is -0.0557. The highest BCUT2D eigenvalue weighted by Crippen LogP contribution is 2.26. The van der Waals surface area contributed by atoms with Crippen molar-refractivity contribution in [1.29, 1.82) is 0 Å². The van der Waals surface area contributed by atoms with Gasteiger partial charge in [0, 0.05) is 6.20 Å². The molecule has 0 spiro atoms. The summed E-state index contributed by atoms with van der Waals surface area (Å²) in [6, 6.07) is 6.85. The van der Waals surface area contributed by atoms with E-state index in [9.17, 15) is 19.8 Å². The molecule has 3 N–H and O–H groups in total. The van der Waals surface area contributed by atoms with Gasteiger partial charge < -0.3 is 19.9 Å². The molecule has 1 aromatic carbocycles. The van der Waals surface area contributed by atoms with Crippen LogP contribution in [-0.2, 0) is 0 Å². The van der Waals surface area contributed by atoms with Gasteiger partial charge in [0.15, 0.2) is 0 Å². The summed E-state index contributed by atoms with van der Waals surface area (Å²) in [6.07, 6.45) is 0.459. The van der Waals surface area contributed by atoms with Crippen LogP contribution in [0.3, 0.4) is 0 Å². The molecule has 0 radical (unpaired) electrons. The quantitative estimate of drug-likeness (QED) is 0.800. The van der Waals surface area contributed by atoms with Crippen LogP contribution in [0.2, 0.25) is 0 Å². The van der Waals surface area contributed by atoms with Crippen LogP contribution in [0, 0.1) is 6.92 Å². The molecular weight excluding hydrogens is 286 g/mol. The Labute approximate surface area is 126 Å². The number of carboxylic acids is 1. The number of hydrogen-bond donors (Lipinski definition) is 3. The van der Waals surface area contributed by atoms with Crippen molar-refractivity contribution in [2.24, 2.45) is 0 Å². The van der Waals surface area contributed by atoms with Crippen LogP contribution in [0.25, 0.3) is 0 Å². The van der Waals surface area contributed by atoms with Gasteiger partial charge in [0.05, 0.1) is 12.1 Å². The monoisotopic (exact) mass is 303 g/mol. The number of pyridine rings is 1. The number of hydrogen-bond acceptors (Lipinski definition) is 4. The van der Waals surface area contributed by atoms with E-state index >= 15 is 0 Å². The molecule has 6 nitrogen and oxygen atoms in total. The van der Waals surface area contributed by atoms with E-state index in [-0.39, 0.29) is 11.3 Å². The maximum Gasteiger partial charge on any atom is 0.341 e.